The average molecular weight is 304 g/mol. The topological polar surface area (TPSA) is 29.5 Å². The normalized spacial score (nSPS) is 11.3. The van der Waals surface area contributed by atoms with Crippen molar-refractivity contribution in [3.63, 3.8) is 0 Å². The minimum atomic E-state index is -1.26. The lowest BCUT2D eigenvalue weighted by molar-refractivity contribution is 0.122. The minimum absolute atomic E-state index is 0.681. The zero-order valence-corrected chi connectivity index (χ0v) is 13.4. The number of benzene rings is 3. The second kappa shape index (κ2) is 6.27. The molecule has 116 valence electrons. The van der Waals surface area contributed by atoms with Gasteiger partial charge in [-0.15, -0.1) is 0 Å². The van der Waals surface area contributed by atoms with Crippen LogP contribution in [0.3, 0.4) is 0 Å². The molecule has 3 rings (SSSR count). The monoisotopic (exact) mass is 304 g/mol. The molecule has 2 heteroatoms. The highest BCUT2D eigenvalue weighted by Crippen LogP contribution is 2.41. The van der Waals surface area contributed by atoms with Gasteiger partial charge >= 0.3 is 0 Å². The van der Waals surface area contributed by atoms with Crippen LogP contribution in [0.4, 0.5) is 0 Å². The smallest absolute Gasteiger partial charge is 0.144 e. The fourth-order valence-electron chi connectivity index (χ4n) is 2.93. The highest BCUT2D eigenvalue weighted by molar-refractivity contribution is 5.53. The van der Waals surface area contributed by atoms with Gasteiger partial charge in [-0.1, -0.05) is 72.8 Å². The molecular formula is C21H20O2. The number of hydrogen-bond donors (Lipinski definition) is 1. The Morgan fingerprint density at radius 2 is 1.30 bits per heavy atom. The number of hydrogen-bond acceptors (Lipinski definition) is 2. The van der Waals surface area contributed by atoms with Gasteiger partial charge in [0.2, 0.25) is 0 Å². The van der Waals surface area contributed by atoms with Crippen molar-refractivity contribution in [2.45, 2.75) is 12.5 Å². The lowest BCUT2D eigenvalue weighted by Crippen LogP contribution is -2.29. The Hall–Kier alpha value is -2.58. The molecule has 3 aromatic carbocycles. The van der Waals surface area contributed by atoms with Crippen LogP contribution in [0, 0.1) is 6.92 Å². The summed E-state index contributed by atoms with van der Waals surface area (Å²) in [5.41, 5.74) is 2.19. The fourth-order valence-corrected chi connectivity index (χ4v) is 2.93. The first-order valence-electron chi connectivity index (χ1n) is 7.65. The SMILES string of the molecule is COc1cc(C)ccc1C(O)(c1ccccc1)c1ccccc1. The molecule has 0 fully saturated rings. The summed E-state index contributed by atoms with van der Waals surface area (Å²) < 4.78 is 5.56. The largest absolute Gasteiger partial charge is 0.496 e. The van der Waals surface area contributed by atoms with Crippen molar-refractivity contribution in [3.8, 4) is 5.75 Å². The first-order chi connectivity index (χ1) is 11.2. The first kappa shape index (κ1) is 15.3. The van der Waals surface area contributed by atoms with Crippen LogP contribution in [0.1, 0.15) is 22.3 Å². The number of rotatable bonds is 4. The Kier molecular flexibility index (Phi) is 4.18. The molecule has 0 bridgehead atoms. The van der Waals surface area contributed by atoms with Gasteiger partial charge in [0.25, 0.3) is 0 Å². The maximum atomic E-state index is 11.7. The molecule has 3 aromatic rings. The van der Waals surface area contributed by atoms with Crippen LogP contribution < -0.4 is 4.74 Å². The Morgan fingerprint density at radius 3 is 1.78 bits per heavy atom. The summed E-state index contributed by atoms with van der Waals surface area (Å²) in [5, 5.41) is 11.7. The van der Waals surface area contributed by atoms with Crippen LogP contribution >= 0.6 is 0 Å². The van der Waals surface area contributed by atoms with E-state index in [4.69, 9.17) is 4.74 Å². The number of ether oxygens (including phenoxy) is 1. The summed E-state index contributed by atoms with van der Waals surface area (Å²) in [4.78, 5) is 0. The van der Waals surface area contributed by atoms with Crippen molar-refractivity contribution in [1.29, 1.82) is 0 Å². The molecule has 0 unspecified atom stereocenters. The predicted molar refractivity (Wildman–Crippen MR) is 92.7 cm³/mol. The quantitative estimate of drug-likeness (QED) is 0.729. The summed E-state index contributed by atoms with van der Waals surface area (Å²) in [6.07, 6.45) is 0. The van der Waals surface area contributed by atoms with Crippen molar-refractivity contribution in [1.82, 2.24) is 0 Å². The maximum Gasteiger partial charge on any atom is 0.144 e. The van der Waals surface area contributed by atoms with E-state index < -0.39 is 5.60 Å². The summed E-state index contributed by atoms with van der Waals surface area (Å²) in [6, 6.07) is 25.3. The zero-order chi connectivity index (χ0) is 16.3. The molecule has 0 heterocycles. The summed E-state index contributed by atoms with van der Waals surface area (Å²) >= 11 is 0. The van der Waals surface area contributed by atoms with E-state index >= 15 is 0 Å². The van der Waals surface area contributed by atoms with Crippen LogP contribution in [-0.4, -0.2) is 12.2 Å². The first-order valence-corrected chi connectivity index (χ1v) is 7.65. The summed E-state index contributed by atoms with van der Waals surface area (Å²) in [7, 11) is 1.63. The van der Waals surface area contributed by atoms with Gasteiger partial charge in [-0.05, 0) is 29.7 Å². The molecule has 0 aromatic heterocycles. The van der Waals surface area contributed by atoms with Gasteiger partial charge in [-0.3, -0.25) is 0 Å². The standard InChI is InChI=1S/C21H20O2/c1-16-13-14-19(20(15-16)23-2)21(22,17-9-5-3-6-10-17)18-11-7-4-8-12-18/h3-15,22H,1-2H3. The molecule has 0 atom stereocenters. The lowest BCUT2D eigenvalue weighted by atomic mass is 9.79. The average Bonchev–Trinajstić information content (AvgIpc) is 2.62. The van der Waals surface area contributed by atoms with Crippen LogP contribution in [0.25, 0.3) is 0 Å². The highest BCUT2D eigenvalue weighted by Gasteiger charge is 2.36. The molecule has 0 aliphatic carbocycles. The van der Waals surface area contributed by atoms with Crippen molar-refractivity contribution in [3.05, 3.63) is 101 Å². The van der Waals surface area contributed by atoms with E-state index in [-0.39, 0.29) is 0 Å². The highest BCUT2D eigenvalue weighted by atomic mass is 16.5. The molecule has 1 N–H and O–H groups in total. The van der Waals surface area contributed by atoms with Crippen LogP contribution in [-0.2, 0) is 5.60 Å². The van der Waals surface area contributed by atoms with Crippen molar-refractivity contribution in [2.24, 2.45) is 0 Å². The third-order valence-electron chi connectivity index (χ3n) is 4.13. The second-order valence-electron chi connectivity index (χ2n) is 5.65. The van der Waals surface area contributed by atoms with E-state index in [1.165, 1.54) is 0 Å². The molecule has 0 amide bonds. The van der Waals surface area contributed by atoms with E-state index in [0.29, 0.717) is 5.75 Å². The summed E-state index contributed by atoms with van der Waals surface area (Å²) in [6.45, 7) is 2.01. The molecule has 0 radical (unpaired) electrons. The summed E-state index contributed by atoms with van der Waals surface area (Å²) in [5.74, 6) is 0.681. The lowest BCUT2D eigenvalue weighted by Gasteiger charge is -2.31. The van der Waals surface area contributed by atoms with Gasteiger partial charge in [0.15, 0.2) is 0 Å². The number of aryl methyl sites for hydroxylation is 1. The Balaban J connectivity index is 2.30. The van der Waals surface area contributed by atoms with E-state index in [1.807, 2.05) is 85.8 Å². The molecule has 0 spiro atoms. The number of aliphatic hydroxyl groups is 1. The van der Waals surface area contributed by atoms with Gasteiger partial charge in [0.1, 0.15) is 11.4 Å². The molecular weight excluding hydrogens is 284 g/mol. The van der Waals surface area contributed by atoms with Crippen LogP contribution in [0.5, 0.6) is 5.75 Å². The van der Waals surface area contributed by atoms with E-state index in [9.17, 15) is 5.11 Å². The van der Waals surface area contributed by atoms with Gasteiger partial charge in [0.05, 0.1) is 7.11 Å². The Bertz CT molecular complexity index is 740. The number of methoxy groups -OCH3 is 1. The van der Waals surface area contributed by atoms with Gasteiger partial charge < -0.3 is 9.84 Å². The van der Waals surface area contributed by atoms with Crippen molar-refractivity contribution in [2.75, 3.05) is 7.11 Å². The molecule has 23 heavy (non-hydrogen) atoms. The molecule has 0 aliphatic rings. The second-order valence-corrected chi connectivity index (χ2v) is 5.65. The van der Waals surface area contributed by atoms with E-state index in [0.717, 1.165) is 22.3 Å². The van der Waals surface area contributed by atoms with E-state index in [2.05, 4.69) is 0 Å². The van der Waals surface area contributed by atoms with Gasteiger partial charge in [0, 0.05) is 5.56 Å². The van der Waals surface area contributed by atoms with Gasteiger partial charge in [-0.2, -0.15) is 0 Å². The Labute approximate surface area is 137 Å². The molecule has 0 saturated heterocycles. The zero-order valence-electron chi connectivity index (χ0n) is 13.4. The third kappa shape index (κ3) is 2.73. The third-order valence-corrected chi connectivity index (χ3v) is 4.13. The van der Waals surface area contributed by atoms with Crippen molar-refractivity contribution < 1.29 is 9.84 Å². The van der Waals surface area contributed by atoms with Gasteiger partial charge in [-0.25, -0.2) is 0 Å². The van der Waals surface area contributed by atoms with Crippen LogP contribution in [0.2, 0.25) is 0 Å². The maximum absolute atomic E-state index is 11.7. The van der Waals surface area contributed by atoms with Crippen LogP contribution in [0.15, 0.2) is 78.9 Å². The fraction of sp³-hybridized carbons (Fsp3) is 0.143. The molecule has 2 nitrogen and oxygen atoms in total. The molecule has 0 aliphatic heterocycles. The predicted octanol–water partition coefficient (Wildman–Crippen LogP) is 4.29. The van der Waals surface area contributed by atoms with E-state index in [1.54, 1.807) is 7.11 Å². The minimum Gasteiger partial charge on any atom is -0.496 e. The van der Waals surface area contributed by atoms with Crippen molar-refractivity contribution >= 4 is 0 Å². The Morgan fingerprint density at radius 1 is 0.783 bits per heavy atom. The molecule has 0 saturated carbocycles.